The van der Waals surface area contributed by atoms with Gasteiger partial charge in [-0.3, -0.25) is 9.52 Å². The molecule has 1 aliphatic heterocycles. The van der Waals surface area contributed by atoms with Crippen molar-refractivity contribution >= 4 is 41.4 Å². The number of hydrogen-bond acceptors (Lipinski definition) is 5. The van der Waals surface area contributed by atoms with Crippen LogP contribution in [0.25, 0.3) is 0 Å². The van der Waals surface area contributed by atoms with E-state index in [-0.39, 0.29) is 20.8 Å². The molecule has 1 saturated carbocycles. The summed E-state index contributed by atoms with van der Waals surface area (Å²) in [6.45, 7) is 8.83. The molecule has 0 aromatic heterocycles. The van der Waals surface area contributed by atoms with Crippen LogP contribution >= 0.6 is 35.5 Å². The molecule has 1 atom stereocenters. The van der Waals surface area contributed by atoms with E-state index in [2.05, 4.69) is 37.7 Å². The van der Waals surface area contributed by atoms with E-state index in [1.165, 1.54) is 0 Å². The lowest BCUT2D eigenvalue weighted by Gasteiger charge is -2.36. The molecule has 3 nitrogen and oxygen atoms in total. The van der Waals surface area contributed by atoms with Gasteiger partial charge in [0.15, 0.2) is 4.08 Å². The van der Waals surface area contributed by atoms with Crippen molar-refractivity contribution < 1.29 is 4.79 Å². The van der Waals surface area contributed by atoms with Crippen molar-refractivity contribution in [2.75, 3.05) is 11.5 Å². The maximum Gasteiger partial charge on any atom is 0.248 e. The molecule has 0 unspecified atom stereocenters. The van der Waals surface area contributed by atoms with Gasteiger partial charge >= 0.3 is 0 Å². The summed E-state index contributed by atoms with van der Waals surface area (Å²) in [6.07, 6.45) is 4.45. The maximum absolute atomic E-state index is 12.9. The third-order valence-corrected chi connectivity index (χ3v) is 8.08. The van der Waals surface area contributed by atoms with Gasteiger partial charge in [0.1, 0.15) is 0 Å². The van der Waals surface area contributed by atoms with Crippen LogP contribution in [-0.4, -0.2) is 38.3 Å². The number of carbonyl (C=O) groups is 1. The van der Waals surface area contributed by atoms with Gasteiger partial charge in [0.25, 0.3) is 0 Å². The molecule has 2 aliphatic rings. The Morgan fingerprint density at radius 1 is 1.33 bits per heavy atom. The minimum atomic E-state index is -0.336. The van der Waals surface area contributed by atoms with Crippen molar-refractivity contribution in [2.45, 2.75) is 74.3 Å². The first kappa shape index (κ1) is 17.8. The minimum Gasteiger partial charge on any atom is -0.351 e. The standard InChI is InChI=1S/C15H28N2OS3/c1-5-6-12(17-21-14(2,3)4)15(19-9-10-20-15)13(18)16-11-7-8-11/h11-12,17H,5-10H2,1-4H3,(H,16,18)/t12-/m0/s1. The zero-order chi connectivity index (χ0) is 15.5. The Balaban J connectivity index is 2.08. The van der Waals surface area contributed by atoms with Gasteiger partial charge in [-0.05, 0) is 40.0 Å². The molecule has 1 amide bonds. The Kier molecular flexibility index (Phi) is 6.25. The minimum absolute atomic E-state index is 0.161. The molecule has 1 aliphatic carbocycles. The summed E-state index contributed by atoms with van der Waals surface area (Å²) < 4.78 is 3.46. The van der Waals surface area contributed by atoms with Gasteiger partial charge < -0.3 is 5.32 Å². The summed E-state index contributed by atoms with van der Waals surface area (Å²) in [5.74, 6) is 2.40. The number of rotatable bonds is 7. The van der Waals surface area contributed by atoms with Gasteiger partial charge in [0, 0.05) is 22.3 Å². The van der Waals surface area contributed by atoms with Gasteiger partial charge in [0.2, 0.25) is 5.91 Å². The van der Waals surface area contributed by atoms with Gasteiger partial charge in [-0.2, -0.15) is 0 Å². The monoisotopic (exact) mass is 348 g/mol. The molecule has 2 rings (SSSR count). The van der Waals surface area contributed by atoms with Crippen molar-refractivity contribution in [3.8, 4) is 0 Å². The third-order valence-electron chi connectivity index (χ3n) is 3.49. The fourth-order valence-electron chi connectivity index (χ4n) is 2.30. The molecule has 6 heteroatoms. The zero-order valence-corrected chi connectivity index (χ0v) is 16.0. The summed E-state index contributed by atoms with van der Waals surface area (Å²) in [6, 6.07) is 0.664. The molecular weight excluding hydrogens is 320 g/mol. The van der Waals surface area contributed by atoms with E-state index in [0.717, 1.165) is 37.2 Å². The zero-order valence-electron chi connectivity index (χ0n) is 13.5. The normalized spacial score (nSPS) is 23.0. The second-order valence-electron chi connectivity index (χ2n) is 6.79. The van der Waals surface area contributed by atoms with Crippen LogP contribution < -0.4 is 10.0 Å². The SMILES string of the molecule is CCC[C@H](NSC(C)(C)C)C1(C(=O)NC2CC2)SCCS1. The molecule has 2 N–H and O–H groups in total. The van der Waals surface area contributed by atoms with Crippen LogP contribution in [0.2, 0.25) is 0 Å². The molecule has 2 fully saturated rings. The highest BCUT2D eigenvalue weighted by Crippen LogP contribution is 2.49. The van der Waals surface area contributed by atoms with Crippen molar-refractivity contribution in [3.05, 3.63) is 0 Å². The molecule has 0 bridgehead atoms. The Morgan fingerprint density at radius 3 is 2.43 bits per heavy atom. The fraction of sp³-hybridized carbons (Fsp3) is 0.933. The summed E-state index contributed by atoms with van der Waals surface area (Å²) >= 11 is 5.45. The highest BCUT2D eigenvalue weighted by atomic mass is 32.2. The van der Waals surface area contributed by atoms with E-state index >= 15 is 0 Å². The van der Waals surface area contributed by atoms with Crippen molar-refractivity contribution in [1.29, 1.82) is 0 Å². The molecule has 1 saturated heterocycles. The Hall–Kier alpha value is 0.480. The van der Waals surface area contributed by atoms with Crippen molar-refractivity contribution in [2.24, 2.45) is 0 Å². The molecule has 0 radical (unpaired) electrons. The molecule has 0 spiro atoms. The Labute approximate surface area is 142 Å². The molecular formula is C15H28N2OS3. The van der Waals surface area contributed by atoms with Crippen LogP contribution in [0, 0.1) is 0 Å². The molecule has 1 heterocycles. The largest absolute Gasteiger partial charge is 0.351 e. The smallest absolute Gasteiger partial charge is 0.248 e. The number of amides is 1. The van der Waals surface area contributed by atoms with E-state index in [1.54, 1.807) is 11.9 Å². The number of hydrogen-bond donors (Lipinski definition) is 2. The predicted molar refractivity (Wildman–Crippen MR) is 98.0 cm³/mol. The number of carbonyl (C=O) groups excluding carboxylic acids is 1. The molecule has 122 valence electrons. The number of thioether (sulfide) groups is 2. The maximum atomic E-state index is 12.9. The van der Waals surface area contributed by atoms with E-state index in [1.807, 2.05) is 23.5 Å². The number of nitrogens with one attached hydrogen (secondary N) is 2. The highest BCUT2D eigenvalue weighted by molar-refractivity contribution is 8.22. The first-order valence-corrected chi connectivity index (χ1v) is 10.7. The molecule has 0 aromatic carbocycles. The second-order valence-corrected chi connectivity index (χ2v) is 11.4. The molecule has 0 aromatic rings. The summed E-state index contributed by atoms with van der Waals surface area (Å²) in [4.78, 5) is 12.9. The van der Waals surface area contributed by atoms with Crippen molar-refractivity contribution in [1.82, 2.24) is 10.0 Å². The van der Waals surface area contributed by atoms with E-state index < -0.39 is 0 Å². The lowest BCUT2D eigenvalue weighted by Crippen LogP contribution is -2.54. The fourth-order valence-corrected chi connectivity index (χ4v) is 6.48. The van der Waals surface area contributed by atoms with Crippen LogP contribution in [0.5, 0.6) is 0 Å². The van der Waals surface area contributed by atoms with Gasteiger partial charge in [-0.1, -0.05) is 25.3 Å². The lowest BCUT2D eigenvalue weighted by atomic mass is 10.1. The second kappa shape index (κ2) is 7.37. The van der Waals surface area contributed by atoms with E-state index in [4.69, 9.17) is 0 Å². The van der Waals surface area contributed by atoms with Crippen LogP contribution in [-0.2, 0) is 4.79 Å². The van der Waals surface area contributed by atoms with Gasteiger partial charge in [0.05, 0.1) is 6.04 Å². The van der Waals surface area contributed by atoms with Crippen LogP contribution in [0.1, 0.15) is 53.4 Å². The lowest BCUT2D eigenvalue weighted by molar-refractivity contribution is -0.121. The summed E-state index contributed by atoms with van der Waals surface area (Å²) in [5.41, 5.74) is 0. The first-order valence-electron chi connectivity index (χ1n) is 7.90. The summed E-state index contributed by atoms with van der Waals surface area (Å²) in [7, 11) is 0. The average molecular weight is 349 g/mol. The Bertz CT molecular complexity index is 360. The summed E-state index contributed by atoms with van der Waals surface area (Å²) in [5, 5.41) is 3.24. The Morgan fingerprint density at radius 2 is 1.95 bits per heavy atom. The van der Waals surface area contributed by atoms with Gasteiger partial charge in [-0.25, -0.2) is 0 Å². The molecule has 21 heavy (non-hydrogen) atoms. The van der Waals surface area contributed by atoms with Crippen LogP contribution in [0.15, 0.2) is 0 Å². The van der Waals surface area contributed by atoms with Crippen LogP contribution in [0.3, 0.4) is 0 Å². The van der Waals surface area contributed by atoms with Crippen molar-refractivity contribution in [3.63, 3.8) is 0 Å². The van der Waals surface area contributed by atoms with E-state index in [0.29, 0.717) is 6.04 Å². The van der Waals surface area contributed by atoms with Crippen LogP contribution in [0.4, 0.5) is 0 Å². The van der Waals surface area contributed by atoms with E-state index in [9.17, 15) is 4.79 Å². The average Bonchev–Trinajstić information content (AvgIpc) is 3.06. The first-order chi connectivity index (χ1) is 9.87. The highest BCUT2D eigenvalue weighted by Gasteiger charge is 2.50. The predicted octanol–water partition coefficient (Wildman–Crippen LogP) is 3.65. The van der Waals surface area contributed by atoms with Gasteiger partial charge in [-0.15, -0.1) is 23.5 Å². The quantitative estimate of drug-likeness (QED) is 0.687. The third kappa shape index (κ3) is 4.98. The topological polar surface area (TPSA) is 41.1 Å².